The fourth-order valence-electron chi connectivity index (χ4n) is 8.50. The minimum atomic E-state index is 0.599. The first kappa shape index (κ1) is 31.9. The van der Waals surface area contributed by atoms with Crippen molar-refractivity contribution < 1.29 is 4.42 Å². The molecule has 0 aliphatic heterocycles. The number of hydrogen-bond acceptors (Lipinski definition) is 5. The van der Waals surface area contributed by atoms with E-state index in [1.807, 2.05) is 72.0 Å². The molecule has 0 atom stereocenters. The van der Waals surface area contributed by atoms with E-state index in [0.717, 1.165) is 55.4 Å². The predicted molar refractivity (Wildman–Crippen MR) is 236 cm³/mol. The molecule has 12 rings (SSSR count). The average molecular weight is 747 g/mol. The van der Waals surface area contributed by atoms with Gasteiger partial charge in [0.05, 0.1) is 11.0 Å². The van der Waals surface area contributed by atoms with Crippen LogP contribution >= 0.6 is 11.3 Å². The summed E-state index contributed by atoms with van der Waals surface area (Å²) in [6.07, 6.45) is 0. The first-order valence-electron chi connectivity index (χ1n) is 19.0. The zero-order chi connectivity index (χ0) is 37.5. The molecular formula is C51H30N4OS. The third-order valence-corrected chi connectivity index (χ3v) is 12.2. The van der Waals surface area contributed by atoms with E-state index in [0.29, 0.717) is 17.5 Å². The maximum absolute atomic E-state index is 6.26. The minimum absolute atomic E-state index is 0.599. The smallest absolute Gasteiger partial charge is 0.164 e. The summed E-state index contributed by atoms with van der Waals surface area (Å²) in [6.45, 7) is 0. The summed E-state index contributed by atoms with van der Waals surface area (Å²) in [5, 5.41) is 7.12. The lowest BCUT2D eigenvalue weighted by Crippen LogP contribution is -2.00. The molecule has 0 unspecified atom stereocenters. The zero-order valence-electron chi connectivity index (χ0n) is 30.4. The number of para-hydroxylation sites is 2. The summed E-state index contributed by atoms with van der Waals surface area (Å²) in [5.74, 6) is 1.82. The maximum Gasteiger partial charge on any atom is 0.164 e. The number of aromatic nitrogens is 4. The average Bonchev–Trinajstić information content (AvgIpc) is 3.96. The number of nitrogens with zero attached hydrogens (tertiary/aromatic N) is 4. The van der Waals surface area contributed by atoms with Crippen LogP contribution in [0, 0.1) is 0 Å². The van der Waals surface area contributed by atoms with Crippen molar-refractivity contribution in [3.05, 3.63) is 182 Å². The van der Waals surface area contributed by atoms with Crippen LogP contribution in [0.1, 0.15) is 0 Å². The third kappa shape index (κ3) is 5.04. The van der Waals surface area contributed by atoms with Crippen molar-refractivity contribution in [1.29, 1.82) is 0 Å². The molecule has 0 aliphatic carbocycles. The number of thiophene rings is 1. The molecule has 0 bridgehead atoms. The van der Waals surface area contributed by atoms with Gasteiger partial charge in [-0.25, -0.2) is 15.0 Å². The van der Waals surface area contributed by atoms with E-state index in [1.54, 1.807) is 0 Å². The van der Waals surface area contributed by atoms with E-state index in [4.69, 9.17) is 19.4 Å². The number of rotatable bonds is 5. The second kappa shape index (κ2) is 12.6. The Morgan fingerprint density at radius 3 is 1.95 bits per heavy atom. The quantitative estimate of drug-likeness (QED) is 0.176. The normalized spacial score (nSPS) is 11.9. The topological polar surface area (TPSA) is 56.7 Å². The fraction of sp³-hybridized carbons (Fsp3) is 0. The largest absolute Gasteiger partial charge is 0.456 e. The number of hydrogen-bond donors (Lipinski definition) is 0. The molecule has 266 valence electrons. The summed E-state index contributed by atoms with van der Waals surface area (Å²) >= 11 is 1.86. The van der Waals surface area contributed by atoms with Gasteiger partial charge in [-0.15, -0.1) is 11.3 Å². The van der Waals surface area contributed by atoms with Crippen molar-refractivity contribution in [1.82, 2.24) is 19.5 Å². The SMILES string of the molecule is c1ccc(-c2nc(-c3cccc(-c4cccc(-n5c6ccccc6c6ccc7sc8ccccc8c7c65)c4)c3)nc(-c3cccc4oc5ccccc5c34)n2)cc1. The highest BCUT2D eigenvalue weighted by molar-refractivity contribution is 7.26. The van der Waals surface area contributed by atoms with Crippen molar-refractivity contribution in [2.45, 2.75) is 0 Å². The Kier molecular flexibility index (Phi) is 7.03. The first-order chi connectivity index (χ1) is 28.2. The highest BCUT2D eigenvalue weighted by Crippen LogP contribution is 2.43. The van der Waals surface area contributed by atoms with Gasteiger partial charge in [0.25, 0.3) is 0 Å². The van der Waals surface area contributed by atoms with Gasteiger partial charge in [-0.2, -0.15) is 0 Å². The summed E-state index contributed by atoms with van der Waals surface area (Å²) in [5.41, 5.74) is 10.1. The summed E-state index contributed by atoms with van der Waals surface area (Å²) in [7, 11) is 0. The zero-order valence-corrected chi connectivity index (χ0v) is 31.2. The lowest BCUT2D eigenvalue weighted by Gasteiger charge is -2.12. The summed E-state index contributed by atoms with van der Waals surface area (Å²) in [4.78, 5) is 15.3. The first-order valence-corrected chi connectivity index (χ1v) is 19.8. The number of furan rings is 1. The fourth-order valence-corrected chi connectivity index (χ4v) is 9.61. The molecule has 0 aliphatic rings. The monoisotopic (exact) mass is 746 g/mol. The second-order valence-electron chi connectivity index (χ2n) is 14.4. The van der Waals surface area contributed by atoms with Crippen molar-refractivity contribution in [3.8, 4) is 51.0 Å². The molecule has 8 aromatic carbocycles. The van der Waals surface area contributed by atoms with Gasteiger partial charge >= 0.3 is 0 Å². The van der Waals surface area contributed by atoms with Crippen LogP contribution in [0.4, 0.5) is 0 Å². The maximum atomic E-state index is 6.26. The van der Waals surface area contributed by atoms with E-state index in [2.05, 4.69) is 126 Å². The van der Waals surface area contributed by atoms with Gasteiger partial charge in [0.2, 0.25) is 0 Å². The molecule has 0 fully saturated rings. The van der Waals surface area contributed by atoms with Gasteiger partial charge in [0.1, 0.15) is 11.2 Å². The highest BCUT2D eigenvalue weighted by atomic mass is 32.1. The Morgan fingerprint density at radius 2 is 1.05 bits per heavy atom. The Labute approximate surface area is 330 Å². The minimum Gasteiger partial charge on any atom is -0.456 e. The predicted octanol–water partition coefficient (Wildman–Crippen LogP) is 13.9. The van der Waals surface area contributed by atoms with Crippen LogP contribution in [0.2, 0.25) is 0 Å². The molecule has 57 heavy (non-hydrogen) atoms. The van der Waals surface area contributed by atoms with E-state index >= 15 is 0 Å². The van der Waals surface area contributed by atoms with Crippen LogP contribution in [0.25, 0.3) is 115 Å². The van der Waals surface area contributed by atoms with E-state index < -0.39 is 0 Å². The Bertz CT molecular complexity index is 3540. The van der Waals surface area contributed by atoms with Crippen molar-refractivity contribution in [3.63, 3.8) is 0 Å². The van der Waals surface area contributed by atoms with E-state index in [1.165, 1.54) is 42.0 Å². The van der Waals surface area contributed by atoms with Crippen molar-refractivity contribution in [2.75, 3.05) is 0 Å². The molecule has 5 nitrogen and oxygen atoms in total. The lowest BCUT2D eigenvalue weighted by atomic mass is 10.0. The van der Waals surface area contributed by atoms with Crippen LogP contribution in [0.15, 0.2) is 186 Å². The van der Waals surface area contributed by atoms with Crippen LogP contribution < -0.4 is 0 Å². The molecule has 0 amide bonds. The van der Waals surface area contributed by atoms with Gasteiger partial charge in [-0.3, -0.25) is 0 Å². The highest BCUT2D eigenvalue weighted by Gasteiger charge is 2.20. The summed E-state index contributed by atoms with van der Waals surface area (Å²) in [6, 6.07) is 63.8. The molecule has 0 radical (unpaired) electrons. The van der Waals surface area contributed by atoms with Crippen molar-refractivity contribution in [2.24, 2.45) is 0 Å². The third-order valence-electron chi connectivity index (χ3n) is 11.0. The molecule has 0 saturated carbocycles. The molecule has 12 aromatic rings. The van der Waals surface area contributed by atoms with Crippen molar-refractivity contribution >= 4 is 75.3 Å². The number of benzene rings is 8. The lowest BCUT2D eigenvalue weighted by molar-refractivity contribution is 0.669. The van der Waals surface area contributed by atoms with Gasteiger partial charge in [-0.1, -0.05) is 133 Å². The van der Waals surface area contributed by atoms with Gasteiger partial charge in [0, 0.05) is 64.1 Å². The van der Waals surface area contributed by atoms with Crippen LogP contribution in [-0.2, 0) is 0 Å². The van der Waals surface area contributed by atoms with E-state index in [-0.39, 0.29) is 0 Å². The van der Waals surface area contributed by atoms with Crippen LogP contribution in [-0.4, -0.2) is 19.5 Å². The molecule has 0 saturated heterocycles. The van der Waals surface area contributed by atoms with E-state index in [9.17, 15) is 0 Å². The van der Waals surface area contributed by atoms with Gasteiger partial charge < -0.3 is 8.98 Å². The number of fused-ring (bicyclic) bond motifs is 10. The molecule has 4 heterocycles. The standard InChI is InChI=1S/C51H30N4OS/c1-2-13-31(14-3-1)49-52-50(54-51(53-49)40-22-12-25-43-46(40)38-20-5-8-24-42(38)56-43)34-17-10-15-32(29-34)33-16-11-18-35(30-33)55-41-23-7-4-19-36(41)37-27-28-45-47(48(37)55)39-21-6-9-26-44(39)57-45/h1-30H. The molecule has 4 aromatic heterocycles. The Hall–Kier alpha value is -7.41. The second-order valence-corrected chi connectivity index (χ2v) is 15.4. The van der Waals surface area contributed by atoms with Gasteiger partial charge in [0.15, 0.2) is 17.5 Å². The summed E-state index contributed by atoms with van der Waals surface area (Å²) < 4.78 is 11.3. The molecule has 0 N–H and O–H groups in total. The molecule has 0 spiro atoms. The van der Waals surface area contributed by atoms with Gasteiger partial charge in [-0.05, 0) is 59.7 Å². The Morgan fingerprint density at radius 1 is 0.404 bits per heavy atom. The van der Waals surface area contributed by atoms with Crippen LogP contribution in [0.5, 0.6) is 0 Å². The Balaban J connectivity index is 1.03. The molecular weight excluding hydrogens is 717 g/mol. The van der Waals surface area contributed by atoms with Crippen LogP contribution in [0.3, 0.4) is 0 Å². The molecule has 6 heteroatoms.